The van der Waals surface area contributed by atoms with E-state index in [-0.39, 0.29) is 29.3 Å². The molecule has 7 heteroatoms. The highest BCUT2D eigenvalue weighted by molar-refractivity contribution is 7.89. The van der Waals surface area contributed by atoms with Gasteiger partial charge in [-0.3, -0.25) is 0 Å². The van der Waals surface area contributed by atoms with E-state index in [4.69, 9.17) is 10.5 Å². The van der Waals surface area contributed by atoms with Gasteiger partial charge in [-0.1, -0.05) is 42.5 Å². The molecule has 0 radical (unpaired) electrons. The summed E-state index contributed by atoms with van der Waals surface area (Å²) < 4.78 is 32.5. The number of hydrogen-bond donors (Lipinski definition) is 1. The van der Waals surface area contributed by atoms with Crippen LogP contribution in [-0.2, 0) is 10.0 Å². The maximum Gasteiger partial charge on any atom is 0.246 e. The van der Waals surface area contributed by atoms with Crippen LogP contribution in [0.4, 0.5) is 0 Å². The van der Waals surface area contributed by atoms with Crippen LogP contribution in [0.2, 0.25) is 0 Å². The lowest BCUT2D eigenvalue weighted by Gasteiger charge is -2.18. The van der Waals surface area contributed by atoms with Gasteiger partial charge in [-0.25, -0.2) is 8.42 Å². The lowest BCUT2D eigenvalue weighted by atomic mass is 9.95. The van der Waals surface area contributed by atoms with Crippen LogP contribution in [0, 0.1) is 0 Å². The van der Waals surface area contributed by atoms with Crippen LogP contribution in [0.1, 0.15) is 11.5 Å². The molecule has 0 unspecified atom stereocenters. The van der Waals surface area contributed by atoms with Crippen LogP contribution in [-0.4, -0.2) is 39.0 Å². The third-order valence-corrected chi connectivity index (χ3v) is 6.12. The second-order valence-corrected chi connectivity index (χ2v) is 7.56. The van der Waals surface area contributed by atoms with Gasteiger partial charge in [0.2, 0.25) is 10.0 Å². The molecule has 2 atom stereocenters. The Morgan fingerprint density at radius 1 is 1.04 bits per heavy atom. The normalized spacial score (nSPS) is 21.2. The van der Waals surface area contributed by atoms with Crippen LogP contribution < -0.4 is 10.5 Å². The van der Waals surface area contributed by atoms with Crippen molar-refractivity contribution < 1.29 is 13.2 Å². The molecule has 0 aromatic heterocycles. The minimum Gasteiger partial charge on any atom is -0.495 e. The highest BCUT2D eigenvalue weighted by Gasteiger charge is 2.39. The van der Waals surface area contributed by atoms with Gasteiger partial charge >= 0.3 is 0 Å². The fraction of sp³-hybridized carbons (Fsp3) is 0.294. The van der Waals surface area contributed by atoms with Gasteiger partial charge in [0, 0.05) is 25.0 Å². The predicted molar refractivity (Wildman–Crippen MR) is 96.2 cm³/mol. The molecule has 2 aromatic rings. The van der Waals surface area contributed by atoms with Gasteiger partial charge in [-0.05, 0) is 17.7 Å². The number of sulfonamides is 1. The number of halogens is 1. The molecule has 0 aliphatic carbocycles. The van der Waals surface area contributed by atoms with E-state index in [2.05, 4.69) is 0 Å². The molecule has 0 amide bonds. The summed E-state index contributed by atoms with van der Waals surface area (Å²) in [5.74, 6) is 0.352. The molecule has 0 bridgehead atoms. The fourth-order valence-electron chi connectivity index (χ4n) is 3.01. The van der Waals surface area contributed by atoms with Crippen molar-refractivity contribution in [1.82, 2.24) is 4.31 Å². The third-order valence-electron chi connectivity index (χ3n) is 4.25. The van der Waals surface area contributed by atoms with Crippen molar-refractivity contribution in [2.45, 2.75) is 16.9 Å². The van der Waals surface area contributed by atoms with Crippen molar-refractivity contribution in [1.29, 1.82) is 0 Å². The number of ether oxygens (including phenoxy) is 1. The summed E-state index contributed by atoms with van der Waals surface area (Å²) in [5.41, 5.74) is 7.28. The number of nitrogens with two attached hydrogens (primary N) is 1. The standard InChI is InChI=1S/C17H20N2O3S.ClH/c1-22-16-9-5-6-10-17(16)23(20,21)19-11-14(15(18)12-19)13-7-3-2-4-8-13;/h2-10,14-15H,11-12,18H2,1H3;1H/t14-,15+;/m0./s1. The summed E-state index contributed by atoms with van der Waals surface area (Å²) in [5, 5.41) is 0. The molecule has 5 nitrogen and oxygen atoms in total. The fourth-order valence-corrected chi connectivity index (χ4v) is 4.67. The Morgan fingerprint density at radius 2 is 1.67 bits per heavy atom. The molecule has 1 aliphatic heterocycles. The first-order chi connectivity index (χ1) is 11.0. The first-order valence-electron chi connectivity index (χ1n) is 7.47. The first-order valence-corrected chi connectivity index (χ1v) is 8.91. The molecular weight excluding hydrogens is 348 g/mol. The van der Waals surface area contributed by atoms with E-state index in [0.717, 1.165) is 5.56 Å². The minimum absolute atomic E-state index is 0. The van der Waals surface area contributed by atoms with E-state index in [1.165, 1.54) is 11.4 Å². The zero-order chi connectivity index (χ0) is 16.4. The predicted octanol–water partition coefficient (Wildman–Crippen LogP) is 2.23. The molecule has 130 valence electrons. The van der Waals surface area contributed by atoms with Crippen LogP contribution in [0.25, 0.3) is 0 Å². The summed E-state index contributed by atoms with van der Waals surface area (Å²) in [4.78, 5) is 0.184. The van der Waals surface area contributed by atoms with Crippen LogP contribution in [0.15, 0.2) is 59.5 Å². The SMILES string of the molecule is COc1ccccc1S(=O)(=O)N1C[C@@H](N)[C@H](c2ccccc2)C1.Cl. The number of para-hydroxylation sites is 1. The van der Waals surface area contributed by atoms with Crippen molar-refractivity contribution in [2.75, 3.05) is 20.2 Å². The van der Waals surface area contributed by atoms with E-state index in [1.807, 2.05) is 30.3 Å². The van der Waals surface area contributed by atoms with Gasteiger partial charge in [-0.2, -0.15) is 4.31 Å². The van der Waals surface area contributed by atoms with Gasteiger partial charge in [-0.15, -0.1) is 12.4 Å². The van der Waals surface area contributed by atoms with E-state index >= 15 is 0 Å². The average molecular weight is 369 g/mol. The Balaban J connectivity index is 0.00000208. The van der Waals surface area contributed by atoms with Crippen molar-refractivity contribution in [3.05, 3.63) is 60.2 Å². The molecule has 24 heavy (non-hydrogen) atoms. The first kappa shape index (κ1) is 18.7. The van der Waals surface area contributed by atoms with E-state index in [9.17, 15) is 8.42 Å². The van der Waals surface area contributed by atoms with Gasteiger partial charge in [0.05, 0.1) is 7.11 Å². The smallest absolute Gasteiger partial charge is 0.246 e. The van der Waals surface area contributed by atoms with Gasteiger partial charge in [0.15, 0.2) is 0 Å². The van der Waals surface area contributed by atoms with Crippen molar-refractivity contribution in [3.63, 3.8) is 0 Å². The van der Waals surface area contributed by atoms with Gasteiger partial charge in [0.1, 0.15) is 10.6 Å². The lowest BCUT2D eigenvalue weighted by Crippen LogP contribution is -2.32. The summed E-state index contributed by atoms with van der Waals surface area (Å²) >= 11 is 0. The van der Waals surface area contributed by atoms with Crippen molar-refractivity contribution in [3.8, 4) is 5.75 Å². The largest absolute Gasteiger partial charge is 0.495 e. The summed E-state index contributed by atoms with van der Waals surface area (Å²) in [6, 6.07) is 16.2. The molecule has 0 saturated carbocycles. The van der Waals surface area contributed by atoms with Crippen LogP contribution >= 0.6 is 12.4 Å². The summed E-state index contributed by atoms with van der Waals surface area (Å²) in [7, 11) is -2.16. The van der Waals surface area contributed by atoms with Crippen molar-refractivity contribution >= 4 is 22.4 Å². The van der Waals surface area contributed by atoms with E-state index < -0.39 is 10.0 Å². The highest BCUT2D eigenvalue weighted by atomic mass is 35.5. The van der Waals surface area contributed by atoms with Crippen molar-refractivity contribution in [2.24, 2.45) is 5.73 Å². The topological polar surface area (TPSA) is 72.6 Å². The number of rotatable bonds is 4. The zero-order valence-corrected chi connectivity index (χ0v) is 15.0. The molecule has 1 heterocycles. The van der Waals surface area contributed by atoms with E-state index in [0.29, 0.717) is 18.8 Å². The maximum atomic E-state index is 12.9. The molecule has 2 aromatic carbocycles. The molecule has 3 rings (SSSR count). The Hall–Kier alpha value is -1.60. The lowest BCUT2D eigenvalue weighted by molar-refractivity contribution is 0.398. The molecule has 1 aliphatic rings. The van der Waals surface area contributed by atoms with Crippen LogP contribution in [0.3, 0.4) is 0 Å². The van der Waals surface area contributed by atoms with Gasteiger partial charge in [0.25, 0.3) is 0 Å². The number of nitrogens with zero attached hydrogens (tertiary/aromatic N) is 1. The second-order valence-electron chi connectivity index (χ2n) is 5.65. The number of benzene rings is 2. The third kappa shape index (κ3) is 3.42. The average Bonchev–Trinajstić information content (AvgIpc) is 2.98. The molecule has 2 N–H and O–H groups in total. The Labute approximate surface area is 148 Å². The highest BCUT2D eigenvalue weighted by Crippen LogP contribution is 2.33. The Morgan fingerprint density at radius 3 is 2.33 bits per heavy atom. The summed E-state index contributed by atoms with van der Waals surface area (Å²) in [6.07, 6.45) is 0. The zero-order valence-electron chi connectivity index (χ0n) is 13.3. The Kier molecular flexibility index (Phi) is 5.87. The quantitative estimate of drug-likeness (QED) is 0.898. The Bertz CT molecular complexity index is 783. The van der Waals surface area contributed by atoms with E-state index in [1.54, 1.807) is 24.3 Å². The van der Waals surface area contributed by atoms with Gasteiger partial charge < -0.3 is 10.5 Å². The summed E-state index contributed by atoms with van der Waals surface area (Å²) in [6.45, 7) is 0.686. The second kappa shape index (κ2) is 7.53. The number of hydrogen-bond acceptors (Lipinski definition) is 4. The molecule has 0 spiro atoms. The number of methoxy groups -OCH3 is 1. The monoisotopic (exact) mass is 368 g/mol. The molecule has 1 saturated heterocycles. The molecule has 1 fully saturated rings. The van der Waals surface area contributed by atoms with Crippen LogP contribution in [0.5, 0.6) is 5.75 Å². The molecular formula is C17H21ClN2O3S. The maximum absolute atomic E-state index is 12.9. The minimum atomic E-state index is -3.63.